The van der Waals surface area contributed by atoms with Gasteiger partial charge in [0.05, 0.1) is 13.2 Å². The van der Waals surface area contributed by atoms with Crippen molar-refractivity contribution in [2.75, 3.05) is 13.2 Å². The van der Waals surface area contributed by atoms with E-state index in [1.54, 1.807) is 0 Å². The van der Waals surface area contributed by atoms with Gasteiger partial charge in [0.15, 0.2) is 29.4 Å². The quantitative estimate of drug-likeness (QED) is 0.104. The average Bonchev–Trinajstić information content (AvgIpc) is 2.91. The molecular formula is C36H60NO2+. The summed E-state index contributed by atoms with van der Waals surface area (Å²) in [4.78, 5) is 0. The Kier molecular flexibility index (Phi) is 17.7. The molecule has 0 bridgehead atoms. The van der Waals surface area contributed by atoms with E-state index in [0.29, 0.717) is 0 Å². The van der Waals surface area contributed by atoms with Crippen molar-refractivity contribution in [1.29, 1.82) is 0 Å². The Morgan fingerprint density at radius 3 is 1.51 bits per heavy atom. The third-order valence-electron chi connectivity index (χ3n) is 7.87. The first-order chi connectivity index (χ1) is 19.0. The van der Waals surface area contributed by atoms with Gasteiger partial charge in [-0.05, 0) is 43.0 Å². The smallest absolute Gasteiger partial charge is 0.178 e. The van der Waals surface area contributed by atoms with Crippen LogP contribution in [-0.2, 0) is 13.0 Å². The van der Waals surface area contributed by atoms with E-state index in [1.165, 1.54) is 112 Å². The number of hydrogen-bond donors (Lipinski definition) is 0. The monoisotopic (exact) mass is 538 g/mol. The molecule has 2 aromatic rings. The minimum atomic E-state index is 0.775. The summed E-state index contributed by atoms with van der Waals surface area (Å²) in [5.74, 6) is 1.84. The Balaban J connectivity index is 1.87. The van der Waals surface area contributed by atoms with Gasteiger partial charge < -0.3 is 9.47 Å². The van der Waals surface area contributed by atoms with Crippen LogP contribution >= 0.6 is 0 Å². The van der Waals surface area contributed by atoms with Crippen molar-refractivity contribution in [2.45, 2.75) is 150 Å². The summed E-state index contributed by atoms with van der Waals surface area (Å²) in [6, 6.07) is 11.1. The maximum absolute atomic E-state index is 6.34. The number of pyridine rings is 1. The van der Waals surface area contributed by atoms with E-state index in [4.69, 9.17) is 9.47 Å². The molecule has 0 radical (unpaired) electrons. The summed E-state index contributed by atoms with van der Waals surface area (Å²) in [6.45, 7) is 13.7. The molecule has 0 spiro atoms. The molecule has 0 unspecified atom stereocenters. The number of rotatable bonds is 23. The first-order valence-corrected chi connectivity index (χ1v) is 16.4. The highest BCUT2D eigenvalue weighted by Crippen LogP contribution is 2.29. The molecule has 0 saturated heterocycles. The molecule has 0 aliphatic rings. The lowest BCUT2D eigenvalue weighted by Gasteiger charge is -2.15. The molecule has 0 aliphatic heterocycles. The van der Waals surface area contributed by atoms with Gasteiger partial charge in [-0.15, -0.1) is 0 Å². The van der Waals surface area contributed by atoms with Crippen molar-refractivity contribution in [3.63, 3.8) is 0 Å². The van der Waals surface area contributed by atoms with Crippen molar-refractivity contribution >= 4 is 0 Å². The summed E-state index contributed by atoms with van der Waals surface area (Å²) in [5, 5.41) is 0. The maximum atomic E-state index is 6.34. The zero-order chi connectivity index (χ0) is 28.1. The second kappa shape index (κ2) is 20.8. The van der Waals surface area contributed by atoms with Crippen molar-refractivity contribution < 1.29 is 14.0 Å². The van der Waals surface area contributed by atoms with Crippen LogP contribution in [0.1, 0.15) is 139 Å². The molecule has 0 N–H and O–H groups in total. The second-order valence-corrected chi connectivity index (χ2v) is 11.6. The van der Waals surface area contributed by atoms with Gasteiger partial charge >= 0.3 is 0 Å². The van der Waals surface area contributed by atoms with Gasteiger partial charge in [0.2, 0.25) is 0 Å². The molecule has 220 valence electrons. The van der Waals surface area contributed by atoms with E-state index in [0.717, 1.165) is 50.5 Å². The number of benzene rings is 1. The summed E-state index contributed by atoms with van der Waals surface area (Å²) in [7, 11) is 0. The predicted octanol–water partition coefficient (Wildman–Crippen LogP) is 10.2. The van der Waals surface area contributed by atoms with Crippen LogP contribution in [0, 0.1) is 20.8 Å². The molecule has 0 aliphatic carbocycles. The Morgan fingerprint density at radius 1 is 0.538 bits per heavy atom. The van der Waals surface area contributed by atoms with E-state index < -0.39 is 0 Å². The highest BCUT2D eigenvalue weighted by atomic mass is 16.5. The molecule has 0 atom stereocenters. The van der Waals surface area contributed by atoms with E-state index in [1.807, 2.05) is 0 Å². The van der Waals surface area contributed by atoms with E-state index in [-0.39, 0.29) is 0 Å². The SMILES string of the molecule is CCCCCCCCCCOc1ccc(CC[n+]2c(C)cc(C)cc2C)cc1OCCCCCCCCCC. The van der Waals surface area contributed by atoms with Gasteiger partial charge in [-0.1, -0.05) is 110 Å². The fourth-order valence-corrected chi connectivity index (χ4v) is 5.50. The van der Waals surface area contributed by atoms with Crippen LogP contribution < -0.4 is 14.0 Å². The van der Waals surface area contributed by atoms with Crippen molar-refractivity contribution in [1.82, 2.24) is 0 Å². The Labute approximate surface area is 241 Å². The zero-order valence-corrected chi connectivity index (χ0v) is 26.3. The molecular weight excluding hydrogens is 478 g/mol. The molecule has 3 heteroatoms. The first kappa shape index (κ1) is 33.2. The van der Waals surface area contributed by atoms with Gasteiger partial charge in [0, 0.05) is 32.4 Å². The maximum Gasteiger partial charge on any atom is 0.178 e. The van der Waals surface area contributed by atoms with Gasteiger partial charge in [0.25, 0.3) is 0 Å². The lowest BCUT2D eigenvalue weighted by Crippen LogP contribution is -2.41. The Bertz CT molecular complexity index is 884. The lowest BCUT2D eigenvalue weighted by molar-refractivity contribution is -0.708. The highest BCUT2D eigenvalue weighted by molar-refractivity contribution is 5.43. The highest BCUT2D eigenvalue weighted by Gasteiger charge is 2.13. The van der Waals surface area contributed by atoms with Crippen LogP contribution in [0.5, 0.6) is 11.5 Å². The van der Waals surface area contributed by atoms with Crippen molar-refractivity contribution in [3.05, 3.63) is 52.8 Å². The minimum absolute atomic E-state index is 0.775. The molecule has 1 aromatic heterocycles. The summed E-state index contributed by atoms with van der Waals surface area (Å²) >= 11 is 0. The molecule has 39 heavy (non-hydrogen) atoms. The van der Waals surface area contributed by atoms with Crippen LogP contribution in [0.2, 0.25) is 0 Å². The third kappa shape index (κ3) is 14.3. The van der Waals surface area contributed by atoms with Gasteiger partial charge in [-0.2, -0.15) is 4.57 Å². The number of unbranched alkanes of at least 4 members (excludes halogenated alkanes) is 14. The fraction of sp³-hybridized carbons (Fsp3) is 0.694. The van der Waals surface area contributed by atoms with E-state index >= 15 is 0 Å². The van der Waals surface area contributed by atoms with Crippen LogP contribution in [0.15, 0.2) is 30.3 Å². The lowest BCUT2D eigenvalue weighted by atomic mass is 10.1. The molecule has 0 fully saturated rings. The van der Waals surface area contributed by atoms with Gasteiger partial charge in [0.1, 0.15) is 0 Å². The normalized spacial score (nSPS) is 11.2. The summed E-state index contributed by atoms with van der Waals surface area (Å²) in [5.41, 5.74) is 5.29. The Morgan fingerprint density at radius 2 is 1.00 bits per heavy atom. The standard InChI is InChI=1S/C36H60NO2/c1-6-8-10-12-14-16-18-20-26-38-35-23-22-34(24-25-37-32(4)28-31(3)29-33(37)5)30-36(35)39-27-21-19-17-15-13-11-9-7-2/h22-23,28-30H,6-21,24-27H2,1-5H3/q+1. The molecule has 3 nitrogen and oxygen atoms in total. The van der Waals surface area contributed by atoms with Crippen LogP contribution in [-0.4, -0.2) is 13.2 Å². The molecule has 1 aromatic carbocycles. The second-order valence-electron chi connectivity index (χ2n) is 11.6. The molecule has 0 saturated carbocycles. The predicted molar refractivity (Wildman–Crippen MR) is 167 cm³/mol. The van der Waals surface area contributed by atoms with Crippen LogP contribution in [0.3, 0.4) is 0 Å². The molecule has 2 rings (SSSR count). The first-order valence-electron chi connectivity index (χ1n) is 16.4. The third-order valence-corrected chi connectivity index (χ3v) is 7.87. The largest absolute Gasteiger partial charge is 0.490 e. The minimum Gasteiger partial charge on any atom is -0.490 e. The number of hydrogen-bond acceptors (Lipinski definition) is 2. The number of aryl methyl sites for hydroxylation is 4. The van der Waals surface area contributed by atoms with E-state index in [9.17, 15) is 0 Å². The molecule has 1 heterocycles. The summed E-state index contributed by atoms with van der Waals surface area (Å²) in [6.07, 6.45) is 22.0. The molecule has 0 amide bonds. The fourth-order valence-electron chi connectivity index (χ4n) is 5.50. The number of aromatic nitrogens is 1. The topological polar surface area (TPSA) is 22.3 Å². The van der Waals surface area contributed by atoms with Crippen LogP contribution in [0.4, 0.5) is 0 Å². The number of nitrogens with zero attached hydrogens (tertiary/aromatic N) is 1. The van der Waals surface area contributed by atoms with Crippen LogP contribution in [0.25, 0.3) is 0 Å². The van der Waals surface area contributed by atoms with E-state index in [2.05, 4.69) is 69.5 Å². The zero-order valence-electron chi connectivity index (χ0n) is 26.3. The van der Waals surface area contributed by atoms with Gasteiger partial charge in [-0.25, -0.2) is 0 Å². The van der Waals surface area contributed by atoms with Crippen molar-refractivity contribution in [2.24, 2.45) is 0 Å². The van der Waals surface area contributed by atoms with Crippen molar-refractivity contribution in [3.8, 4) is 11.5 Å². The Hall–Kier alpha value is -2.03. The summed E-state index contributed by atoms with van der Waals surface area (Å²) < 4.78 is 15.0. The number of ether oxygens (including phenoxy) is 2. The van der Waals surface area contributed by atoms with Gasteiger partial charge in [-0.3, -0.25) is 0 Å². The average molecular weight is 539 g/mol.